The second-order valence-electron chi connectivity index (χ2n) is 5.51. The Balaban J connectivity index is 1.98. The Morgan fingerprint density at radius 3 is 2.22 bits per heavy atom. The molecule has 1 aliphatic heterocycles. The molecule has 1 saturated carbocycles. The highest BCUT2D eigenvalue weighted by Crippen LogP contribution is 2.43. The van der Waals surface area contributed by atoms with Crippen LogP contribution in [-0.4, -0.2) is 31.4 Å². The summed E-state index contributed by atoms with van der Waals surface area (Å²) < 4.78 is 16.5. The van der Waals surface area contributed by atoms with Gasteiger partial charge in [0, 0.05) is 5.82 Å². The Morgan fingerprint density at radius 1 is 1.17 bits per heavy atom. The molecule has 0 bridgehead atoms. The topological polar surface area (TPSA) is 44.8 Å². The molecule has 0 aromatic carbocycles. The van der Waals surface area contributed by atoms with Crippen molar-refractivity contribution in [3.63, 3.8) is 0 Å². The molecule has 5 heteroatoms. The maximum Gasteiger partial charge on any atom is 0.465 e. The van der Waals surface area contributed by atoms with Crippen LogP contribution in [0.25, 0.3) is 0 Å². The van der Waals surface area contributed by atoms with E-state index in [0.29, 0.717) is 5.92 Å². The molecule has 2 rings (SSSR count). The number of rotatable bonds is 2. The first-order valence-corrected chi connectivity index (χ1v) is 5.97. The van der Waals surface area contributed by atoms with Crippen molar-refractivity contribution in [2.24, 2.45) is 0 Å². The minimum atomic E-state index is -0.437. The second kappa shape index (κ2) is 4.53. The van der Waals surface area contributed by atoms with Gasteiger partial charge in [-0.15, -0.1) is 0 Å². The van der Waals surface area contributed by atoms with E-state index in [2.05, 4.69) is 4.74 Å². The molecule has 1 heterocycles. The number of hydrogen-bond acceptors (Lipinski definition) is 4. The Kier molecular flexibility index (Phi) is 3.49. The number of carbonyl (C=O) groups is 1. The largest absolute Gasteiger partial charge is 0.469 e. The standard InChI is InChI=1S/C13H18BO4/c1-12(2)13(3,4)18-14(17-12)10-7-6-9(8-10)11(15)16-5/h6-8H,1-5H3. The van der Waals surface area contributed by atoms with Gasteiger partial charge >= 0.3 is 13.1 Å². The van der Waals surface area contributed by atoms with Crippen LogP contribution in [0.4, 0.5) is 0 Å². The third kappa shape index (κ3) is 2.30. The molecule has 0 aromatic rings. The summed E-state index contributed by atoms with van der Waals surface area (Å²) in [6.45, 7) is 7.99. The smallest absolute Gasteiger partial charge is 0.465 e. The van der Waals surface area contributed by atoms with Crippen molar-refractivity contribution in [1.82, 2.24) is 0 Å². The van der Waals surface area contributed by atoms with E-state index in [9.17, 15) is 4.79 Å². The zero-order chi connectivity index (χ0) is 13.6. The van der Waals surface area contributed by atoms with E-state index in [1.54, 1.807) is 12.8 Å². The van der Waals surface area contributed by atoms with Crippen LogP contribution in [0.2, 0.25) is 0 Å². The number of esters is 1. The number of methoxy groups -OCH3 is 1. The molecule has 0 spiro atoms. The van der Waals surface area contributed by atoms with Gasteiger partial charge in [0.15, 0.2) is 0 Å². The lowest BCUT2D eigenvalue weighted by Gasteiger charge is -2.32. The van der Waals surface area contributed by atoms with Crippen LogP contribution in [0, 0.1) is 31.0 Å². The molecule has 2 aliphatic rings. The zero-order valence-corrected chi connectivity index (χ0v) is 11.4. The first-order valence-electron chi connectivity index (χ1n) is 5.97. The summed E-state index contributed by atoms with van der Waals surface area (Å²) in [7, 11) is 0.928. The van der Waals surface area contributed by atoms with E-state index in [1.807, 2.05) is 34.1 Å². The van der Waals surface area contributed by atoms with E-state index in [0.717, 1.165) is 5.82 Å². The molecule has 1 saturated heterocycles. The fourth-order valence-corrected chi connectivity index (χ4v) is 1.83. The Morgan fingerprint density at radius 2 is 1.72 bits per heavy atom. The molecule has 5 radical (unpaired) electrons. The lowest BCUT2D eigenvalue weighted by molar-refractivity contribution is -0.137. The Bertz CT molecular complexity index is 324. The van der Waals surface area contributed by atoms with Gasteiger partial charge < -0.3 is 14.0 Å². The fraction of sp³-hybridized carbons (Fsp3) is 0.538. The first kappa shape index (κ1) is 13.9. The van der Waals surface area contributed by atoms with Gasteiger partial charge in [-0.3, -0.25) is 4.79 Å². The minimum Gasteiger partial charge on any atom is -0.469 e. The molecule has 0 amide bonds. The Labute approximate surface area is 110 Å². The van der Waals surface area contributed by atoms with Gasteiger partial charge in [-0.05, 0) is 47.0 Å². The predicted octanol–water partition coefficient (Wildman–Crippen LogP) is 1.57. The average molecular weight is 249 g/mol. The molecule has 0 atom stereocenters. The fourth-order valence-electron chi connectivity index (χ4n) is 1.83. The van der Waals surface area contributed by atoms with Crippen molar-refractivity contribution >= 4 is 13.1 Å². The second-order valence-corrected chi connectivity index (χ2v) is 5.51. The average Bonchev–Trinajstić information content (AvgIpc) is 2.82. The van der Waals surface area contributed by atoms with Gasteiger partial charge in [-0.1, -0.05) is 0 Å². The highest BCUT2D eigenvalue weighted by Gasteiger charge is 2.55. The summed E-state index contributed by atoms with van der Waals surface area (Å²) in [5.41, 5.74) is -0.749. The van der Waals surface area contributed by atoms with E-state index in [1.165, 1.54) is 7.11 Å². The highest BCUT2D eigenvalue weighted by molar-refractivity contribution is 6.54. The summed E-state index contributed by atoms with van der Waals surface area (Å²) in [6.07, 6.45) is 5.29. The quantitative estimate of drug-likeness (QED) is 0.550. The van der Waals surface area contributed by atoms with Crippen LogP contribution < -0.4 is 0 Å². The molecule has 4 nitrogen and oxygen atoms in total. The van der Waals surface area contributed by atoms with Gasteiger partial charge in [0.1, 0.15) is 0 Å². The van der Waals surface area contributed by atoms with E-state index in [-0.39, 0.29) is 17.2 Å². The van der Waals surface area contributed by atoms with Gasteiger partial charge in [0.25, 0.3) is 0 Å². The van der Waals surface area contributed by atoms with Crippen molar-refractivity contribution in [2.45, 2.75) is 38.9 Å². The molecule has 1 aliphatic carbocycles. The van der Waals surface area contributed by atoms with Crippen LogP contribution in [0.1, 0.15) is 27.7 Å². The molecule has 97 valence electrons. The van der Waals surface area contributed by atoms with E-state index in [4.69, 9.17) is 9.31 Å². The van der Waals surface area contributed by atoms with Crippen molar-refractivity contribution in [3.8, 4) is 0 Å². The summed E-state index contributed by atoms with van der Waals surface area (Å²) >= 11 is 0. The Hall–Kier alpha value is -0.545. The van der Waals surface area contributed by atoms with Crippen LogP contribution in [0.5, 0.6) is 0 Å². The van der Waals surface area contributed by atoms with Gasteiger partial charge in [0.2, 0.25) is 0 Å². The maximum atomic E-state index is 11.4. The van der Waals surface area contributed by atoms with Crippen LogP contribution in [-0.2, 0) is 18.8 Å². The highest BCUT2D eigenvalue weighted by atomic mass is 16.7. The number of carbonyl (C=O) groups excluding carboxylic acids is 1. The molecule has 2 fully saturated rings. The normalized spacial score (nSPS) is 27.7. The van der Waals surface area contributed by atoms with E-state index >= 15 is 0 Å². The predicted molar refractivity (Wildman–Crippen MR) is 67.5 cm³/mol. The SMILES string of the molecule is COC(=O)[C]1[CH][CH][C](B2OC(C)(C)C(C)(C)O2)[CH]1. The van der Waals surface area contributed by atoms with E-state index < -0.39 is 7.12 Å². The third-order valence-corrected chi connectivity index (χ3v) is 3.72. The van der Waals surface area contributed by atoms with Crippen molar-refractivity contribution < 1.29 is 18.8 Å². The zero-order valence-electron chi connectivity index (χ0n) is 11.4. The van der Waals surface area contributed by atoms with Crippen molar-refractivity contribution in [3.05, 3.63) is 31.0 Å². The van der Waals surface area contributed by atoms with Gasteiger partial charge in [-0.2, -0.15) is 0 Å². The van der Waals surface area contributed by atoms with Crippen molar-refractivity contribution in [1.29, 1.82) is 0 Å². The number of ether oxygens (including phenoxy) is 1. The summed E-state index contributed by atoms with van der Waals surface area (Å²) in [5.74, 6) is 1.01. The third-order valence-electron chi connectivity index (χ3n) is 3.72. The molecule has 0 unspecified atom stereocenters. The molecule has 0 aromatic heterocycles. The number of hydrogen-bond donors (Lipinski definition) is 0. The van der Waals surface area contributed by atoms with Crippen LogP contribution >= 0.6 is 0 Å². The lowest BCUT2D eigenvalue weighted by atomic mass is 9.70. The first-order chi connectivity index (χ1) is 8.27. The van der Waals surface area contributed by atoms with Crippen molar-refractivity contribution in [2.75, 3.05) is 7.11 Å². The maximum absolute atomic E-state index is 11.4. The lowest BCUT2D eigenvalue weighted by Crippen LogP contribution is -2.41. The monoisotopic (exact) mass is 249 g/mol. The molecular weight excluding hydrogens is 231 g/mol. The molecule has 18 heavy (non-hydrogen) atoms. The summed E-state index contributed by atoms with van der Waals surface area (Å²) in [6, 6.07) is 0. The molecule has 0 N–H and O–H groups in total. The minimum absolute atomic E-state index is 0.349. The van der Waals surface area contributed by atoms with Gasteiger partial charge in [-0.25, -0.2) is 0 Å². The molecular formula is C13H18BO4. The summed E-state index contributed by atoms with van der Waals surface area (Å²) in [5, 5.41) is 0. The van der Waals surface area contributed by atoms with Crippen LogP contribution in [0.3, 0.4) is 0 Å². The van der Waals surface area contributed by atoms with Gasteiger partial charge in [0.05, 0.1) is 24.2 Å². The van der Waals surface area contributed by atoms with Crippen LogP contribution in [0.15, 0.2) is 0 Å². The summed E-state index contributed by atoms with van der Waals surface area (Å²) in [4.78, 5) is 11.4.